The normalized spacial score (nSPS) is 28.7. The number of ether oxygens (including phenoxy) is 2. The molecule has 0 amide bonds. The second-order valence-electron chi connectivity index (χ2n) is 5.96. The number of rotatable bonds is 5. The molecule has 7 heteroatoms. The molecule has 0 unspecified atom stereocenters. The Morgan fingerprint density at radius 2 is 2.00 bits per heavy atom. The van der Waals surface area contributed by atoms with Crippen molar-refractivity contribution >= 4 is 10.0 Å². The largest absolute Gasteiger partial charge is 0.379 e. The van der Waals surface area contributed by atoms with E-state index in [1.165, 1.54) is 28.6 Å². The fraction of sp³-hybridized carbons (Fsp3) is 0.625. The monoisotopic (exact) mass is 343 g/mol. The van der Waals surface area contributed by atoms with Gasteiger partial charge in [-0.3, -0.25) is 0 Å². The van der Waals surface area contributed by atoms with E-state index in [0.29, 0.717) is 26.2 Å². The Hall–Kier alpha value is -1.02. The number of halogens is 1. The first kappa shape index (κ1) is 16.8. The van der Waals surface area contributed by atoms with E-state index in [-0.39, 0.29) is 23.1 Å². The average Bonchev–Trinajstić information content (AvgIpc) is 2.97. The van der Waals surface area contributed by atoms with Crippen molar-refractivity contribution < 1.29 is 22.3 Å². The van der Waals surface area contributed by atoms with Gasteiger partial charge in [-0.2, -0.15) is 4.31 Å². The zero-order chi connectivity index (χ0) is 16.4. The molecule has 2 saturated heterocycles. The summed E-state index contributed by atoms with van der Waals surface area (Å²) in [6, 6.07) is 4.85. The van der Waals surface area contributed by atoms with Gasteiger partial charge in [0.25, 0.3) is 0 Å². The zero-order valence-corrected chi connectivity index (χ0v) is 14.0. The van der Waals surface area contributed by atoms with Crippen LogP contribution in [0.15, 0.2) is 29.2 Å². The van der Waals surface area contributed by atoms with Gasteiger partial charge in [-0.25, -0.2) is 12.8 Å². The van der Waals surface area contributed by atoms with Crippen molar-refractivity contribution in [1.82, 2.24) is 4.31 Å². The molecule has 0 aromatic heterocycles. The third-order valence-corrected chi connectivity index (χ3v) is 6.45. The van der Waals surface area contributed by atoms with Gasteiger partial charge in [0.05, 0.1) is 29.8 Å². The van der Waals surface area contributed by atoms with Crippen LogP contribution in [0.4, 0.5) is 4.39 Å². The molecule has 3 rings (SSSR count). The summed E-state index contributed by atoms with van der Waals surface area (Å²) in [4.78, 5) is 0.135. The van der Waals surface area contributed by atoms with Gasteiger partial charge in [0, 0.05) is 13.2 Å². The Balaban J connectivity index is 1.72. The summed E-state index contributed by atoms with van der Waals surface area (Å²) < 4.78 is 51.5. The minimum Gasteiger partial charge on any atom is -0.379 e. The van der Waals surface area contributed by atoms with Gasteiger partial charge in [-0.15, -0.1) is 0 Å². The van der Waals surface area contributed by atoms with Crippen molar-refractivity contribution in [3.05, 3.63) is 30.1 Å². The van der Waals surface area contributed by atoms with E-state index in [1.54, 1.807) is 0 Å². The average molecular weight is 343 g/mol. The maximum atomic E-state index is 13.0. The van der Waals surface area contributed by atoms with Gasteiger partial charge in [0.15, 0.2) is 0 Å². The molecule has 0 N–H and O–H groups in total. The van der Waals surface area contributed by atoms with Crippen molar-refractivity contribution in [3.8, 4) is 0 Å². The molecule has 2 aliphatic heterocycles. The van der Waals surface area contributed by atoms with Gasteiger partial charge < -0.3 is 9.47 Å². The lowest BCUT2D eigenvalue weighted by molar-refractivity contribution is -0.0923. The van der Waals surface area contributed by atoms with Gasteiger partial charge in [0.1, 0.15) is 5.82 Å². The Labute approximate surface area is 136 Å². The van der Waals surface area contributed by atoms with Crippen molar-refractivity contribution in [2.75, 3.05) is 19.8 Å². The van der Waals surface area contributed by atoms with Crippen LogP contribution in [-0.2, 0) is 19.5 Å². The van der Waals surface area contributed by atoms with Gasteiger partial charge in [-0.05, 0) is 50.5 Å². The first-order valence-corrected chi connectivity index (χ1v) is 9.47. The zero-order valence-electron chi connectivity index (χ0n) is 13.2. The van der Waals surface area contributed by atoms with Crippen LogP contribution in [0.25, 0.3) is 0 Å². The molecule has 2 heterocycles. The maximum absolute atomic E-state index is 13.0. The highest BCUT2D eigenvalue weighted by atomic mass is 32.2. The van der Waals surface area contributed by atoms with Crippen LogP contribution in [0.3, 0.4) is 0 Å². The van der Waals surface area contributed by atoms with E-state index in [1.807, 2.05) is 6.92 Å². The molecule has 0 saturated carbocycles. The highest BCUT2D eigenvalue weighted by Crippen LogP contribution is 2.35. The molecule has 3 atom stereocenters. The first-order valence-electron chi connectivity index (χ1n) is 8.03. The van der Waals surface area contributed by atoms with Crippen molar-refractivity contribution in [2.24, 2.45) is 0 Å². The maximum Gasteiger partial charge on any atom is 0.243 e. The highest BCUT2D eigenvalue weighted by molar-refractivity contribution is 7.89. The minimum atomic E-state index is -3.60. The molecule has 2 aliphatic rings. The molecule has 2 fully saturated rings. The molecule has 1 aromatic carbocycles. The summed E-state index contributed by atoms with van der Waals surface area (Å²) in [5, 5.41) is 0. The fourth-order valence-electron chi connectivity index (χ4n) is 3.37. The molecule has 0 radical (unpaired) electrons. The lowest BCUT2D eigenvalue weighted by Gasteiger charge is -2.35. The molecular weight excluding hydrogens is 321 g/mol. The fourth-order valence-corrected chi connectivity index (χ4v) is 5.07. The molecule has 5 nitrogen and oxygen atoms in total. The Morgan fingerprint density at radius 1 is 1.26 bits per heavy atom. The van der Waals surface area contributed by atoms with Crippen LogP contribution in [0.5, 0.6) is 0 Å². The van der Waals surface area contributed by atoms with Crippen LogP contribution < -0.4 is 0 Å². The van der Waals surface area contributed by atoms with Crippen molar-refractivity contribution in [1.29, 1.82) is 0 Å². The van der Waals surface area contributed by atoms with Crippen LogP contribution in [0, 0.1) is 5.82 Å². The predicted molar refractivity (Wildman–Crippen MR) is 83.1 cm³/mol. The molecular formula is C16H22FNO4S. The molecule has 0 aliphatic carbocycles. The summed E-state index contributed by atoms with van der Waals surface area (Å²) in [6.45, 7) is 3.60. The summed E-state index contributed by atoms with van der Waals surface area (Å²) in [5.41, 5.74) is 0. The van der Waals surface area contributed by atoms with E-state index >= 15 is 0 Å². The van der Waals surface area contributed by atoms with Crippen LogP contribution >= 0.6 is 0 Å². The Bertz CT molecular complexity index is 634. The van der Waals surface area contributed by atoms with Crippen molar-refractivity contribution in [2.45, 2.75) is 49.3 Å². The van der Waals surface area contributed by atoms with Crippen LogP contribution in [-0.4, -0.2) is 50.7 Å². The summed E-state index contributed by atoms with van der Waals surface area (Å²) >= 11 is 0. The smallest absolute Gasteiger partial charge is 0.243 e. The predicted octanol–water partition coefficient (Wildman–Crippen LogP) is 2.17. The lowest BCUT2D eigenvalue weighted by Crippen LogP contribution is -2.45. The molecule has 1 aromatic rings. The quantitative estimate of drug-likeness (QED) is 0.822. The van der Waals surface area contributed by atoms with E-state index < -0.39 is 15.8 Å². The molecule has 0 bridgehead atoms. The topological polar surface area (TPSA) is 55.8 Å². The van der Waals surface area contributed by atoms with E-state index in [4.69, 9.17) is 9.47 Å². The minimum absolute atomic E-state index is 0.0460. The Kier molecular flexibility index (Phi) is 5.01. The number of hydrogen-bond donors (Lipinski definition) is 0. The number of nitrogens with zero attached hydrogens (tertiary/aromatic N) is 1. The number of sulfonamides is 1. The van der Waals surface area contributed by atoms with Crippen LogP contribution in [0.1, 0.15) is 26.2 Å². The van der Waals surface area contributed by atoms with Crippen LogP contribution in [0.2, 0.25) is 0 Å². The van der Waals surface area contributed by atoms with E-state index in [2.05, 4.69) is 0 Å². The Morgan fingerprint density at radius 3 is 2.70 bits per heavy atom. The highest BCUT2D eigenvalue weighted by Gasteiger charge is 2.45. The molecule has 0 spiro atoms. The summed E-state index contributed by atoms with van der Waals surface area (Å²) in [6.07, 6.45) is 2.21. The second kappa shape index (κ2) is 6.84. The summed E-state index contributed by atoms with van der Waals surface area (Å²) in [5.74, 6) is -0.442. The van der Waals surface area contributed by atoms with E-state index in [9.17, 15) is 12.8 Å². The van der Waals surface area contributed by atoms with Gasteiger partial charge in [-0.1, -0.05) is 0 Å². The number of hydrogen-bond acceptors (Lipinski definition) is 4. The SMILES string of the molecule is CCOC[C@@H]1CC[C@@H]2[C@@H](CCN2S(=O)(=O)c2ccc(F)cc2)O1. The first-order chi connectivity index (χ1) is 11.0. The number of fused-ring (bicyclic) bond motifs is 1. The molecule has 128 valence electrons. The van der Waals surface area contributed by atoms with E-state index in [0.717, 1.165) is 12.8 Å². The molecule has 23 heavy (non-hydrogen) atoms. The van der Waals surface area contributed by atoms with Gasteiger partial charge in [0.2, 0.25) is 10.0 Å². The third kappa shape index (κ3) is 3.42. The lowest BCUT2D eigenvalue weighted by atomic mass is 10.0. The van der Waals surface area contributed by atoms with Crippen molar-refractivity contribution in [3.63, 3.8) is 0 Å². The standard InChI is InChI=1S/C16H22FNO4S/c1-2-21-11-13-5-8-15-16(22-13)9-10-18(15)23(19,20)14-6-3-12(17)4-7-14/h3-4,6-7,13,15-16H,2,5,8-11H2,1H3/t13-,15+,16+/m0/s1. The second-order valence-corrected chi connectivity index (χ2v) is 7.85. The third-order valence-electron chi connectivity index (χ3n) is 4.51. The number of benzene rings is 1. The van der Waals surface area contributed by atoms with Gasteiger partial charge >= 0.3 is 0 Å². The summed E-state index contributed by atoms with van der Waals surface area (Å²) in [7, 11) is -3.60.